The highest BCUT2D eigenvalue weighted by Gasteiger charge is 2.12. The molecule has 0 N–H and O–H groups in total. The Balaban J connectivity index is 1.64. The smallest absolute Gasteiger partial charge is 0.280 e. The highest BCUT2D eigenvalue weighted by Crippen LogP contribution is 2.21. The van der Waals surface area contributed by atoms with Crippen LogP contribution in [0.2, 0.25) is 0 Å². The van der Waals surface area contributed by atoms with Gasteiger partial charge in [-0.25, -0.2) is 8.78 Å². The van der Waals surface area contributed by atoms with E-state index in [9.17, 15) is 13.6 Å². The first kappa shape index (κ1) is 16.5. The molecule has 4 aromatic rings. The third-order valence-electron chi connectivity index (χ3n) is 3.83. The van der Waals surface area contributed by atoms with Gasteiger partial charge in [-0.05, 0) is 42.0 Å². The predicted octanol–water partition coefficient (Wildman–Crippen LogP) is 3.45. The topological polar surface area (TPSA) is 52.2 Å². The molecule has 8 heteroatoms. The molecular weight excluding hydrogens is 358 g/mol. The SMILES string of the molecule is O=c1c2nnc(SCc3ccc(F)cc3)n2ccn1-c1ccc(F)cc1. The van der Waals surface area contributed by atoms with E-state index in [2.05, 4.69) is 10.2 Å². The van der Waals surface area contributed by atoms with Crippen molar-refractivity contribution in [2.75, 3.05) is 0 Å². The summed E-state index contributed by atoms with van der Waals surface area (Å²) in [5.41, 5.74) is 1.31. The third-order valence-corrected chi connectivity index (χ3v) is 4.84. The van der Waals surface area contributed by atoms with Gasteiger partial charge in [-0.15, -0.1) is 10.2 Å². The molecule has 5 nitrogen and oxygen atoms in total. The van der Waals surface area contributed by atoms with Gasteiger partial charge in [0.2, 0.25) is 5.65 Å². The molecule has 0 fully saturated rings. The first-order valence-electron chi connectivity index (χ1n) is 7.71. The van der Waals surface area contributed by atoms with Gasteiger partial charge < -0.3 is 0 Å². The summed E-state index contributed by atoms with van der Waals surface area (Å²) < 4.78 is 29.0. The summed E-state index contributed by atoms with van der Waals surface area (Å²) in [4.78, 5) is 12.6. The lowest BCUT2D eigenvalue weighted by Gasteiger charge is -2.06. The summed E-state index contributed by atoms with van der Waals surface area (Å²) >= 11 is 1.40. The molecule has 0 bridgehead atoms. The van der Waals surface area contributed by atoms with Crippen molar-refractivity contribution in [3.63, 3.8) is 0 Å². The van der Waals surface area contributed by atoms with Crippen LogP contribution in [-0.4, -0.2) is 19.2 Å². The van der Waals surface area contributed by atoms with Gasteiger partial charge in [0.05, 0.1) is 0 Å². The van der Waals surface area contributed by atoms with Crippen molar-refractivity contribution in [1.82, 2.24) is 19.2 Å². The van der Waals surface area contributed by atoms with Crippen molar-refractivity contribution in [1.29, 1.82) is 0 Å². The van der Waals surface area contributed by atoms with E-state index < -0.39 is 0 Å². The van der Waals surface area contributed by atoms with E-state index in [1.54, 1.807) is 28.9 Å². The zero-order chi connectivity index (χ0) is 18.1. The molecular formula is C18H12F2N4OS. The van der Waals surface area contributed by atoms with Crippen LogP contribution in [0, 0.1) is 11.6 Å². The number of fused-ring (bicyclic) bond motifs is 1. The fourth-order valence-corrected chi connectivity index (χ4v) is 3.37. The van der Waals surface area contributed by atoms with Crippen molar-refractivity contribution in [3.05, 3.63) is 88.5 Å². The van der Waals surface area contributed by atoms with Crippen LogP contribution in [0.25, 0.3) is 11.3 Å². The first-order chi connectivity index (χ1) is 12.6. The van der Waals surface area contributed by atoms with Crippen molar-refractivity contribution in [2.24, 2.45) is 0 Å². The highest BCUT2D eigenvalue weighted by molar-refractivity contribution is 7.98. The molecule has 130 valence electrons. The average molecular weight is 370 g/mol. The maximum absolute atomic E-state index is 13.1. The molecule has 4 rings (SSSR count). The van der Waals surface area contributed by atoms with Crippen molar-refractivity contribution in [2.45, 2.75) is 10.9 Å². The van der Waals surface area contributed by atoms with Crippen LogP contribution < -0.4 is 5.56 Å². The van der Waals surface area contributed by atoms with Crippen LogP contribution in [-0.2, 0) is 5.75 Å². The zero-order valence-electron chi connectivity index (χ0n) is 13.3. The van der Waals surface area contributed by atoms with Gasteiger partial charge in [0.25, 0.3) is 0 Å². The second kappa shape index (κ2) is 6.72. The summed E-state index contributed by atoms with van der Waals surface area (Å²) in [6.45, 7) is 0. The molecule has 0 saturated heterocycles. The molecule has 0 aliphatic rings. The maximum Gasteiger partial charge on any atom is 0.300 e. The van der Waals surface area contributed by atoms with Crippen LogP contribution in [0.5, 0.6) is 0 Å². The largest absolute Gasteiger partial charge is 0.300 e. The van der Waals surface area contributed by atoms with E-state index in [0.29, 0.717) is 16.6 Å². The minimum absolute atomic E-state index is 0.179. The van der Waals surface area contributed by atoms with Gasteiger partial charge >= 0.3 is 5.56 Å². The Morgan fingerprint density at radius 1 is 0.885 bits per heavy atom. The van der Waals surface area contributed by atoms with Gasteiger partial charge in [0.1, 0.15) is 11.6 Å². The van der Waals surface area contributed by atoms with Crippen molar-refractivity contribution < 1.29 is 8.78 Å². The van der Waals surface area contributed by atoms with Crippen LogP contribution >= 0.6 is 11.8 Å². The molecule has 2 heterocycles. The summed E-state index contributed by atoms with van der Waals surface area (Å²) in [5, 5.41) is 8.60. The Morgan fingerprint density at radius 2 is 1.54 bits per heavy atom. The molecule has 0 aliphatic carbocycles. The number of aromatic nitrogens is 4. The van der Waals surface area contributed by atoms with E-state index in [0.717, 1.165) is 5.56 Å². The van der Waals surface area contributed by atoms with E-state index in [4.69, 9.17) is 0 Å². The normalized spacial score (nSPS) is 11.2. The number of hydrogen-bond acceptors (Lipinski definition) is 4. The molecule has 2 aromatic carbocycles. The number of rotatable bonds is 4. The highest BCUT2D eigenvalue weighted by atomic mass is 32.2. The lowest BCUT2D eigenvalue weighted by atomic mass is 10.2. The van der Waals surface area contributed by atoms with Crippen LogP contribution in [0.3, 0.4) is 0 Å². The number of nitrogens with zero attached hydrogens (tertiary/aromatic N) is 4. The Labute approximate surface area is 150 Å². The molecule has 26 heavy (non-hydrogen) atoms. The number of hydrogen-bond donors (Lipinski definition) is 0. The number of thioether (sulfide) groups is 1. The Morgan fingerprint density at radius 3 is 2.23 bits per heavy atom. The molecule has 0 unspecified atom stereocenters. The number of benzene rings is 2. The predicted molar refractivity (Wildman–Crippen MR) is 94.5 cm³/mol. The van der Waals surface area contributed by atoms with Crippen LogP contribution in [0.15, 0.2) is 70.9 Å². The molecule has 2 aromatic heterocycles. The first-order valence-corrected chi connectivity index (χ1v) is 8.70. The van der Waals surface area contributed by atoms with Gasteiger partial charge in [0.15, 0.2) is 5.16 Å². The van der Waals surface area contributed by atoms with Crippen LogP contribution in [0.4, 0.5) is 8.78 Å². The summed E-state index contributed by atoms with van der Waals surface area (Å²) in [6.07, 6.45) is 3.28. The number of halogens is 2. The van der Waals surface area contributed by atoms with Gasteiger partial charge in [-0.2, -0.15) is 0 Å². The van der Waals surface area contributed by atoms with E-state index in [1.165, 1.54) is 52.7 Å². The lowest BCUT2D eigenvalue weighted by Crippen LogP contribution is -2.20. The molecule has 0 aliphatic heterocycles. The monoisotopic (exact) mass is 370 g/mol. The second-order valence-corrected chi connectivity index (χ2v) is 6.48. The quantitative estimate of drug-likeness (QED) is 0.517. The fourth-order valence-electron chi connectivity index (χ4n) is 2.50. The average Bonchev–Trinajstić information content (AvgIpc) is 3.07. The maximum atomic E-state index is 13.1. The van der Waals surface area contributed by atoms with Gasteiger partial charge in [-0.1, -0.05) is 23.9 Å². The van der Waals surface area contributed by atoms with Crippen molar-refractivity contribution in [3.8, 4) is 5.69 Å². The Bertz CT molecular complexity index is 1120. The van der Waals surface area contributed by atoms with E-state index in [1.807, 2.05) is 0 Å². The zero-order valence-corrected chi connectivity index (χ0v) is 14.2. The Hall–Kier alpha value is -3.00. The minimum atomic E-state index is -0.371. The second-order valence-electron chi connectivity index (χ2n) is 5.54. The summed E-state index contributed by atoms with van der Waals surface area (Å²) in [7, 11) is 0. The third kappa shape index (κ3) is 3.11. The van der Waals surface area contributed by atoms with E-state index >= 15 is 0 Å². The Kier molecular flexibility index (Phi) is 4.26. The van der Waals surface area contributed by atoms with Crippen molar-refractivity contribution >= 4 is 17.4 Å². The summed E-state index contributed by atoms with van der Waals surface area (Å²) in [5.74, 6) is -0.0832. The molecule has 0 atom stereocenters. The summed E-state index contributed by atoms with van der Waals surface area (Å²) in [6, 6.07) is 11.8. The minimum Gasteiger partial charge on any atom is -0.280 e. The molecule has 0 spiro atoms. The van der Waals surface area contributed by atoms with Gasteiger partial charge in [-0.3, -0.25) is 13.8 Å². The molecule has 0 saturated carbocycles. The van der Waals surface area contributed by atoms with Crippen LogP contribution in [0.1, 0.15) is 5.56 Å². The fraction of sp³-hybridized carbons (Fsp3) is 0.0556. The lowest BCUT2D eigenvalue weighted by molar-refractivity contribution is 0.627. The molecule has 0 radical (unpaired) electrons. The van der Waals surface area contributed by atoms with Gasteiger partial charge in [0, 0.05) is 23.8 Å². The van der Waals surface area contributed by atoms with E-state index in [-0.39, 0.29) is 22.8 Å². The standard InChI is InChI=1S/C18H12F2N4OS/c19-13-3-1-12(2-4-13)11-26-18-22-21-16-17(25)23(9-10-24(16)18)15-7-5-14(20)6-8-15/h1-10H,11H2. The molecule has 0 amide bonds.